The van der Waals surface area contributed by atoms with E-state index < -0.39 is 14.8 Å². The Morgan fingerprint density at radius 2 is 1.95 bits per heavy atom. The molecule has 0 saturated heterocycles. The van der Waals surface area contributed by atoms with E-state index in [4.69, 9.17) is 0 Å². The number of hydrogen-bond donors (Lipinski definition) is 1. The van der Waals surface area contributed by atoms with Gasteiger partial charge in [-0.3, -0.25) is 10.1 Å². The highest BCUT2D eigenvalue weighted by Crippen LogP contribution is 2.34. The molecule has 0 unspecified atom stereocenters. The summed E-state index contributed by atoms with van der Waals surface area (Å²) in [5.74, 6) is 0.989. The van der Waals surface area contributed by atoms with E-state index in [1.807, 2.05) is 0 Å². The minimum atomic E-state index is -3.46. The number of nitrogens with one attached hydrogen (secondary N) is 1. The van der Waals surface area contributed by atoms with Gasteiger partial charge in [0, 0.05) is 18.4 Å². The Bertz CT molecular complexity index is 672. The van der Waals surface area contributed by atoms with Crippen molar-refractivity contribution < 1.29 is 13.3 Å². The highest BCUT2D eigenvalue weighted by Gasteiger charge is 2.29. The summed E-state index contributed by atoms with van der Waals surface area (Å²) in [5, 5.41) is 14.5. The van der Waals surface area contributed by atoms with Crippen LogP contribution in [0.15, 0.2) is 23.1 Å². The van der Waals surface area contributed by atoms with Crippen LogP contribution in [-0.4, -0.2) is 25.6 Å². The van der Waals surface area contributed by atoms with Gasteiger partial charge in [-0.25, -0.2) is 8.42 Å². The summed E-state index contributed by atoms with van der Waals surface area (Å²) in [7, 11) is -3.46. The maximum atomic E-state index is 11.6. The van der Waals surface area contributed by atoms with Crippen LogP contribution in [0.5, 0.6) is 0 Å². The fourth-order valence-electron chi connectivity index (χ4n) is 3.00. The first-order valence-electron chi connectivity index (χ1n) is 7.45. The fourth-order valence-corrected chi connectivity index (χ4v) is 3.64. The Hall–Kier alpha value is -1.63. The Kier molecular flexibility index (Phi) is 4.75. The summed E-state index contributed by atoms with van der Waals surface area (Å²) in [4.78, 5) is 10.7. The van der Waals surface area contributed by atoms with Crippen LogP contribution in [0.2, 0.25) is 0 Å². The molecule has 1 saturated carbocycles. The molecule has 0 heterocycles. The van der Waals surface area contributed by atoms with E-state index >= 15 is 0 Å². The van der Waals surface area contributed by atoms with Gasteiger partial charge in [0.1, 0.15) is 5.69 Å². The Labute approximate surface area is 131 Å². The van der Waals surface area contributed by atoms with Crippen molar-refractivity contribution in [2.45, 2.75) is 44.0 Å². The van der Waals surface area contributed by atoms with E-state index in [0.717, 1.165) is 25.2 Å². The number of nitro benzene ring substituents is 1. The standard InChI is InChI=1S/C15H22N2O4S/c1-10-5-4-6-13(11(10)2)16-14-8-7-12(22(3,20)21)9-15(14)17(18)19/h7-11,13,16H,4-6H2,1-3H3/t10-,11-,13-/m1/s1. The second-order valence-corrected chi connectivity index (χ2v) is 8.24. The van der Waals surface area contributed by atoms with Crippen molar-refractivity contribution in [2.24, 2.45) is 11.8 Å². The van der Waals surface area contributed by atoms with Gasteiger partial charge in [-0.1, -0.05) is 26.7 Å². The molecule has 1 aliphatic carbocycles. The molecule has 0 radical (unpaired) electrons. The van der Waals surface area contributed by atoms with Gasteiger partial charge in [0.15, 0.2) is 9.84 Å². The number of anilines is 1. The van der Waals surface area contributed by atoms with Gasteiger partial charge in [-0.15, -0.1) is 0 Å². The fraction of sp³-hybridized carbons (Fsp3) is 0.600. The van der Waals surface area contributed by atoms with Crippen LogP contribution in [0.25, 0.3) is 0 Å². The molecule has 7 heteroatoms. The molecule has 1 aromatic carbocycles. The smallest absolute Gasteiger partial charge is 0.293 e. The van der Waals surface area contributed by atoms with Gasteiger partial charge in [0.2, 0.25) is 0 Å². The van der Waals surface area contributed by atoms with Crippen LogP contribution < -0.4 is 5.32 Å². The molecule has 0 spiro atoms. The van der Waals surface area contributed by atoms with Gasteiger partial charge in [0.05, 0.1) is 9.82 Å². The van der Waals surface area contributed by atoms with Crippen LogP contribution in [0.4, 0.5) is 11.4 Å². The SMILES string of the molecule is C[C@@H]1[C@H](C)CCC[C@H]1Nc1ccc(S(C)(=O)=O)cc1[N+](=O)[O-]. The first-order chi connectivity index (χ1) is 10.2. The maximum absolute atomic E-state index is 11.6. The molecule has 22 heavy (non-hydrogen) atoms. The van der Waals surface area contributed by atoms with Crippen LogP contribution in [0.1, 0.15) is 33.1 Å². The monoisotopic (exact) mass is 326 g/mol. The zero-order valence-electron chi connectivity index (χ0n) is 13.1. The van der Waals surface area contributed by atoms with Crippen molar-refractivity contribution in [3.8, 4) is 0 Å². The second-order valence-electron chi connectivity index (χ2n) is 6.23. The third-order valence-electron chi connectivity index (χ3n) is 4.64. The molecule has 2 rings (SSSR count). The molecule has 0 aliphatic heterocycles. The number of sulfone groups is 1. The van der Waals surface area contributed by atoms with Crippen LogP contribution in [0.3, 0.4) is 0 Å². The van der Waals surface area contributed by atoms with E-state index in [0.29, 0.717) is 17.5 Å². The summed E-state index contributed by atoms with van der Waals surface area (Å²) in [6.07, 6.45) is 4.29. The van der Waals surface area contributed by atoms with E-state index in [1.54, 1.807) is 0 Å². The van der Waals surface area contributed by atoms with Crippen LogP contribution in [-0.2, 0) is 9.84 Å². The molecule has 1 fully saturated rings. The minimum Gasteiger partial charge on any atom is -0.376 e. The van der Waals surface area contributed by atoms with Crippen LogP contribution in [0, 0.1) is 22.0 Å². The highest BCUT2D eigenvalue weighted by molar-refractivity contribution is 7.90. The third kappa shape index (κ3) is 3.58. The summed E-state index contributed by atoms with van der Waals surface area (Å²) < 4.78 is 23.1. The van der Waals surface area contributed by atoms with Gasteiger partial charge < -0.3 is 5.32 Å². The summed E-state index contributed by atoms with van der Waals surface area (Å²) in [6, 6.07) is 4.22. The van der Waals surface area contributed by atoms with Gasteiger partial charge >= 0.3 is 0 Å². The Morgan fingerprint density at radius 3 is 2.55 bits per heavy atom. The van der Waals surface area contributed by atoms with Gasteiger partial charge in [-0.2, -0.15) is 0 Å². The average molecular weight is 326 g/mol. The maximum Gasteiger partial charge on any atom is 0.293 e. The predicted octanol–water partition coefficient (Wildman–Crippen LogP) is 3.23. The first kappa shape index (κ1) is 16.7. The number of benzene rings is 1. The zero-order valence-corrected chi connectivity index (χ0v) is 13.9. The molecule has 0 bridgehead atoms. The van der Waals surface area contributed by atoms with E-state index in [2.05, 4.69) is 19.2 Å². The first-order valence-corrected chi connectivity index (χ1v) is 9.34. The number of nitrogens with zero attached hydrogens (tertiary/aromatic N) is 1. The molecule has 0 amide bonds. The van der Waals surface area contributed by atoms with Crippen molar-refractivity contribution in [2.75, 3.05) is 11.6 Å². The molecular formula is C15H22N2O4S. The van der Waals surface area contributed by atoms with E-state index in [1.165, 1.54) is 18.6 Å². The molecule has 1 aromatic rings. The summed E-state index contributed by atoms with van der Waals surface area (Å²) in [6.45, 7) is 4.35. The Balaban J connectivity index is 2.33. The van der Waals surface area contributed by atoms with Crippen LogP contribution >= 0.6 is 0 Å². The van der Waals surface area contributed by atoms with Crippen molar-refractivity contribution in [1.29, 1.82) is 0 Å². The van der Waals surface area contributed by atoms with Crippen molar-refractivity contribution >= 4 is 21.2 Å². The zero-order chi connectivity index (χ0) is 16.5. The van der Waals surface area contributed by atoms with E-state index in [9.17, 15) is 18.5 Å². The lowest BCUT2D eigenvalue weighted by molar-refractivity contribution is -0.384. The number of hydrogen-bond acceptors (Lipinski definition) is 5. The second kappa shape index (κ2) is 6.24. The van der Waals surface area contributed by atoms with Crippen molar-refractivity contribution in [3.63, 3.8) is 0 Å². The largest absolute Gasteiger partial charge is 0.376 e. The van der Waals surface area contributed by atoms with Crippen molar-refractivity contribution in [1.82, 2.24) is 0 Å². The minimum absolute atomic E-state index is 0.0326. The molecule has 0 aromatic heterocycles. The van der Waals surface area contributed by atoms with Gasteiger partial charge in [-0.05, 0) is 30.4 Å². The lowest BCUT2D eigenvalue weighted by Crippen LogP contribution is -2.35. The topological polar surface area (TPSA) is 89.3 Å². The quantitative estimate of drug-likeness (QED) is 0.677. The predicted molar refractivity (Wildman–Crippen MR) is 85.8 cm³/mol. The molecule has 3 atom stereocenters. The van der Waals surface area contributed by atoms with E-state index in [-0.39, 0.29) is 16.6 Å². The molecule has 1 aliphatic rings. The normalized spacial score (nSPS) is 25.7. The highest BCUT2D eigenvalue weighted by atomic mass is 32.2. The summed E-state index contributed by atoms with van der Waals surface area (Å²) in [5.41, 5.74) is 0.205. The number of rotatable bonds is 4. The molecule has 1 N–H and O–H groups in total. The van der Waals surface area contributed by atoms with Gasteiger partial charge in [0.25, 0.3) is 5.69 Å². The molecular weight excluding hydrogens is 304 g/mol. The molecule has 6 nitrogen and oxygen atoms in total. The lowest BCUT2D eigenvalue weighted by Gasteiger charge is -2.35. The molecule has 122 valence electrons. The Morgan fingerprint density at radius 1 is 1.27 bits per heavy atom. The third-order valence-corrected chi connectivity index (χ3v) is 5.75. The van der Waals surface area contributed by atoms with Crippen molar-refractivity contribution in [3.05, 3.63) is 28.3 Å². The summed E-state index contributed by atoms with van der Waals surface area (Å²) >= 11 is 0. The average Bonchev–Trinajstić information content (AvgIpc) is 2.43. The lowest BCUT2D eigenvalue weighted by atomic mass is 9.78. The number of nitro groups is 1.